The molecule has 0 saturated carbocycles. The molecule has 2 aromatic rings. The van der Waals surface area contributed by atoms with Crippen molar-refractivity contribution in [1.82, 2.24) is 5.32 Å². The number of hydrogen-bond donors (Lipinski definition) is 1. The average Bonchev–Trinajstić information content (AvgIpc) is 2.66. The summed E-state index contributed by atoms with van der Waals surface area (Å²) in [6, 6.07) is 14.8. The molecule has 1 amide bonds. The summed E-state index contributed by atoms with van der Waals surface area (Å²) in [5.41, 5.74) is 2.77. The summed E-state index contributed by atoms with van der Waals surface area (Å²) < 4.78 is 31.1. The number of hydrogen-bond acceptors (Lipinski definition) is 4. The van der Waals surface area contributed by atoms with E-state index in [1.54, 1.807) is 24.3 Å². The molecular formula is C22H30N2O4S. The Balaban J connectivity index is 1.92. The fourth-order valence-corrected chi connectivity index (χ4v) is 3.96. The second kappa shape index (κ2) is 10.3. The van der Waals surface area contributed by atoms with Crippen molar-refractivity contribution >= 4 is 21.6 Å². The van der Waals surface area contributed by atoms with E-state index in [4.69, 9.17) is 4.74 Å². The highest BCUT2D eigenvalue weighted by atomic mass is 32.2. The molecule has 0 heterocycles. The van der Waals surface area contributed by atoms with Crippen LogP contribution in [0.4, 0.5) is 5.69 Å². The highest BCUT2D eigenvalue weighted by molar-refractivity contribution is 7.92. The van der Waals surface area contributed by atoms with Crippen LogP contribution in [0.5, 0.6) is 5.75 Å². The first-order valence-corrected chi connectivity index (χ1v) is 11.6. The van der Waals surface area contributed by atoms with Gasteiger partial charge in [0.15, 0.2) is 0 Å². The summed E-state index contributed by atoms with van der Waals surface area (Å²) in [5, 5.41) is 2.97. The van der Waals surface area contributed by atoms with Crippen LogP contribution in [0, 0.1) is 6.92 Å². The number of sulfonamides is 1. The van der Waals surface area contributed by atoms with E-state index in [2.05, 4.69) is 5.32 Å². The lowest BCUT2D eigenvalue weighted by molar-refractivity contribution is -0.121. The van der Waals surface area contributed by atoms with Gasteiger partial charge in [0.05, 0.1) is 24.6 Å². The molecule has 0 bridgehead atoms. The van der Waals surface area contributed by atoms with Crippen molar-refractivity contribution in [3.05, 3.63) is 59.7 Å². The minimum absolute atomic E-state index is 0.0970. The third-order valence-corrected chi connectivity index (χ3v) is 5.75. The van der Waals surface area contributed by atoms with E-state index >= 15 is 0 Å². The van der Waals surface area contributed by atoms with Crippen LogP contribution in [0.3, 0.4) is 0 Å². The molecule has 2 rings (SSSR count). The molecule has 0 spiro atoms. The van der Waals surface area contributed by atoms with Crippen molar-refractivity contribution in [2.75, 3.05) is 23.7 Å². The molecule has 0 fully saturated rings. The topological polar surface area (TPSA) is 75.7 Å². The smallest absolute Gasteiger partial charge is 0.232 e. The number of nitrogens with zero attached hydrogens (tertiary/aromatic N) is 1. The largest absolute Gasteiger partial charge is 0.494 e. The summed E-state index contributed by atoms with van der Waals surface area (Å²) in [4.78, 5) is 12.3. The molecule has 6 nitrogen and oxygen atoms in total. The Labute approximate surface area is 173 Å². The van der Waals surface area contributed by atoms with Crippen LogP contribution in [-0.4, -0.2) is 33.7 Å². The Bertz CT molecular complexity index is 893. The molecular weight excluding hydrogens is 388 g/mol. The average molecular weight is 419 g/mol. The van der Waals surface area contributed by atoms with Gasteiger partial charge in [0.1, 0.15) is 5.75 Å². The second-order valence-corrected chi connectivity index (χ2v) is 8.97. The molecule has 0 radical (unpaired) electrons. The molecule has 0 saturated heterocycles. The first-order valence-electron chi connectivity index (χ1n) is 9.77. The van der Waals surface area contributed by atoms with E-state index in [9.17, 15) is 13.2 Å². The van der Waals surface area contributed by atoms with Gasteiger partial charge in [-0.15, -0.1) is 0 Å². The molecule has 29 heavy (non-hydrogen) atoms. The second-order valence-electron chi connectivity index (χ2n) is 7.07. The van der Waals surface area contributed by atoms with Crippen molar-refractivity contribution in [1.29, 1.82) is 0 Å². The molecule has 0 aliphatic rings. The summed E-state index contributed by atoms with van der Waals surface area (Å²) in [6.45, 7) is 6.63. The molecule has 0 aliphatic heterocycles. The summed E-state index contributed by atoms with van der Waals surface area (Å²) in [6.07, 6.45) is 1.84. The van der Waals surface area contributed by atoms with Gasteiger partial charge in [-0.25, -0.2) is 8.42 Å². The maximum atomic E-state index is 12.3. The molecule has 158 valence electrons. The SMILES string of the molecule is CCOc1ccc(N(CCCC(=O)N[C@@H](C)c2ccc(C)cc2)S(C)(=O)=O)cc1. The maximum absolute atomic E-state index is 12.3. The number of nitrogens with one attached hydrogen (secondary N) is 1. The Hall–Kier alpha value is -2.54. The van der Waals surface area contributed by atoms with Gasteiger partial charge < -0.3 is 10.1 Å². The summed E-state index contributed by atoms with van der Waals surface area (Å²) in [5.74, 6) is 0.590. The van der Waals surface area contributed by atoms with Gasteiger partial charge in [-0.2, -0.15) is 0 Å². The number of ether oxygens (including phenoxy) is 1. The Morgan fingerprint density at radius 2 is 1.72 bits per heavy atom. The predicted octanol–water partition coefficient (Wildman–Crippen LogP) is 3.82. The first-order chi connectivity index (χ1) is 13.7. The predicted molar refractivity (Wildman–Crippen MR) is 117 cm³/mol. The normalized spacial score (nSPS) is 12.3. The molecule has 0 unspecified atom stereocenters. The van der Waals surface area contributed by atoms with Gasteiger partial charge in [0.25, 0.3) is 0 Å². The molecule has 1 atom stereocenters. The molecule has 0 aliphatic carbocycles. The van der Waals surface area contributed by atoms with Gasteiger partial charge in [0.2, 0.25) is 15.9 Å². The molecule has 0 aromatic heterocycles. The van der Waals surface area contributed by atoms with Gasteiger partial charge in [-0.3, -0.25) is 9.10 Å². The first kappa shape index (κ1) is 22.7. The Kier molecular flexibility index (Phi) is 8.08. The number of carbonyl (C=O) groups is 1. The Morgan fingerprint density at radius 3 is 2.28 bits per heavy atom. The van der Waals surface area contributed by atoms with Crippen molar-refractivity contribution in [3.63, 3.8) is 0 Å². The minimum atomic E-state index is -3.45. The van der Waals surface area contributed by atoms with E-state index in [1.165, 1.54) is 16.1 Å². The molecule has 7 heteroatoms. The lowest BCUT2D eigenvalue weighted by Crippen LogP contribution is -2.32. The standard InChI is InChI=1S/C22H30N2O4S/c1-5-28-21-14-12-20(13-15-21)24(29(4,26)27)16-6-7-22(25)23-18(3)19-10-8-17(2)9-11-19/h8-15,18H,5-7,16H2,1-4H3,(H,23,25)/t18-/m0/s1. The number of carbonyl (C=O) groups excluding carboxylic acids is 1. The number of aryl methyl sites for hydroxylation is 1. The van der Waals surface area contributed by atoms with Crippen molar-refractivity contribution < 1.29 is 17.9 Å². The fourth-order valence-electron chi connectivity index (χ4n) is 3.00. The van der Waals surface area contributed by atoms with E-state index in [0.29, 0.717) is 24.5 Å². The summed E-state index contributed by atoms with van der Waals surface area (Å²) >= 11 is 0. The van der Waals surface area contributed by atoms with Crippen molar-refractivity contribution in [2.45, 2.75) is 39.7 Å². The van der Waals surface area contributed by atoms with Gasteiger partial charge in [0, 0.05) is 13.0 Å². The van der Waals surface area contributed by atoms with Crippen LogP contribution in [0.25, 0.3) is 0 Å². The maximum Gasteiger partial charge on any atom is 0.232 e. The Morgan fingerprint density at radius 1 is 1.10 bits per heavy atom. The van der Waals surface area contributed by atoms with Crippen LogP contribution in [0.1, 0.15) is 43.9 Å². The van der Waals surface area contributed by atoms with Crippen molar-refractivity contribution in [3.8, 4) is 5.75 Å². The zero-order valence-electron chi connectivity index (χ0n) is 17.5. The van der Waals surface area contributed by atoms with Crippen LogP contribution in [-0.2, 0) is 14.8 Å². The van der Waals surface area contributed by atoms with Gasteiger partial charge in [-0.05, 0) is 57.0 Å². The number of rotatable bonds is 10. The van der Waals surface area contributed by atoms with Crippen LogP contribution in [0.15, 0.2) is 48.5 Å². The molecule has 2 aromatic carbocycles. The van der Waals surface area contributed by atoms with E-state index in [0.717, 1.165) is 5.56 Å². The number of benzene rings is 2. The van der Waals surface area contributed by atoms with E-state index in [-0.39, 0.29) is 24.9 Å². The third kappa shape index (κ3) is 7.09. The quantitative estimate of drug-likeness (QED) is 0.636. The number of anilines is 1. The highest BCUT2D eigenvalue weighted by Gasteiger charge is 2.18. The number of amides is 1. The zero-order chi connectivity index (χ0) is 21.4. The summed E-state index contributed by atoms with van der Waals surface area (Å²) in [7, 11) is -3.45. The molecule has 1 N–H and O–H groups in total. The lowest BCUT2D eigenvalue weighted by Gasteiger charge is -2.23. The highest BCUT2D eigenvalue weighted by Crippen LogP contribution is 2.22. The minimum Gasteiger partial charge on any atom is -0.494 e. The van der Waals surface area contributed by atoms with Crippen LogP contribution in [0.2, 0.25) is 0 Å². The van der Waals surface area contributed by atoms with Gasteiger partial charge >= 0.3 is 0 Å². The van der Waals surface area contributed by atoms with Crippen molar-refractivity contribution in [2.24, 2.45) is 0 Å². The third-order valence-electron chi connectivity index (χ3n) is 4.56. The van der Waals surface area contributed by atoms with Crippen LogP contribution >= 0.6 is 0 Å². The van der Waals surface area contributed by atoms with Gasteiger partial charge in [-0.1, -0.05) is 29.8 Å². The zero-order valence-corrected chi connectivity index (χ0v) is 18.3. The monoisotopic (exact) mass is 418 g/mol. The van der Waals surface area contributed by atoms with E-state index < -0.39 is 10.0 Å². The fraction of sp³-hybridized carbons (Fsp3) is 0.409. The lowest BCUT2D eigenvalue weighted by atomic mass is 10.1. The van der Waals surface area contributed by atoms with Crippen LogP contribution < -0.4 is 14.4 Å². The van der Waals surface area contributed by atoms with E-state index in [1.807, 2.05) is 45.0 Å².